The van der Waals surface area contributed by atoms with Gasteiger partial charge in [-0.25, -0.2) is 4.98 Å². The second-order valence-corrected chi connectivity index (χ2v) is 4.53. The average Bonchev–Trinajstić information content (AvgIpc) is 2.99. The first-order valence-corrected chi connectivity index (χ1v) is 6.17. The minimum atomic E-state index is 0.690. The zero-order valence-electron chi connectivity index (χ0n) is 9.00. The number of nitrogens with zero attached hydrogens (tertiary/aromatic N) is 3. The molecule has 0 fully saturated rings. The van der Waals surface area contributed by atoms with E-state index in [1.165, 1.54) is 0 Å². The van der Waals surface area contributed by atoms with Crippen molar-refractivity contribution in [3.05, 3.63) is 52.6 Å². The highest BCUT2D eigenvalue weighted by Crippen LogP contribution is 2.18. The summed E-state index contributed by atoms with van der Waals surface area (Å²) < 4.78 is 2.12. The number of fused-ring (bicyclic) bond motifs is 1. The van der Waals surface area contributed by atoms with E-state index < -0.39 is 0 Å². The van der Waals surface area contributed by atoms with Gasteiger partial charge in [0.1, 0.15) is 0 Å². The summed E-state index contributed by atoms with van der Waals surface area (Å²) in [5, 5.41) is 12.1. The number of nitriles is 1. The third-order valence-corrected chi connectivity index (χ3v) is 3.35. The molecule has 0 aliphatic carbocycles. The summed E-state index contributed by atoms with van der Waals surface area (Å²) in [5.74, 6) is 0. The van der Waals surface area contributed by atoms with Gasteiger partial charge in [0, 0.05) is 17.1 Å². The Balaban J connectivity index is 2.08. The predicted octanol–water partition coefficient (Wildman–Crippen LogP) is 3.02. The molecule has 2 aromatic heterocycles. The van der Waals surface area contributed by atoms with E-state index in [1.807, 2.05) is 35.3 Å². The normalized spacial score (nSPS) is 10.5. The van der Waals surface area contributed by atoms with Crippen LogP contribution in [0.1, 0.15) is 11.3 Å². The van der Waals surface area contributed by atoms with E-state index in [4.69, 9.17) is 5.26 Å². The molecule has 1 aromatic carbocycles. The SMILES string of the molecule is N#Cc1ccc2ccn(Cc3cscn3)c2c1. The largest absolute Gasteiger partial charge is 0.341 e. The predicted molar refractivity (Wildman–Crippen MR) is 67.9 cm³/mol. The molecular formula is C13H9N3S. The summed E-state index contributed by atoms with van der Waals surface area (Å²) in [5.41, 5.74) is 4.66. The van der Waals surface area contributed by atoms with Crippen molar-refractivity contribution in [1.29, 1.82) is 5.26 Å². The Hall–Kier alpha value is -2.12. The first-order valence-electron chi connectivity index (χ1n) is 5.23. The van der Waals surface area contributed by atoms with Gasteiger partial charge < -0.3 is 4.57 Å². The molecule has 2 heterocycles. The van der Waals surface area contributed by atoms with Gasteiger partial charge in [-0.3, -0.25) is 0 Å². The minimum absolute atomic E-state index is 0.690. The molecule has 0 radical (unpaired) electrons. The molecule has 0 spiro atoms. The van der Waals surface area contributed by atoms with Gasteiger partial charge in [0.2, 0.25) is 0 Å². The highest BCUT2D eigenvalue weighted by molar-refractivity contribution is 7.07. The summed E-state index contributed by atoms with van der Waals surface area (Å²) in [6.45, 7) is 0.752. The summed E-state index contributed by atoms with van der Waals surface area (Å²) in [6.07, 6.45) is 2.03. The molecule has 0 atom stereocenters. The van der Waals surface area contributed by atoms with Crippen molar-refractivity contribution in [1.82, 2.24) is 9.55 Å². The smallest absolute Gasteiger partial charge is 0.0992 e. The number of hydrogen-bond acceptors (Lipinski definition) is 3. The fourth-order valence-corrected chi connectivity index (χ4v) is 2.43. The van der Waals surface area contributed by atoms with Crippen LogP contribution >= 0.6 is 11.3 Å². The van der Waals surface area contributed by atoms with Crippen LogP contribution < -0.4 is 0 Å². The van der Waals surface area contributed by atoms with Gasteiger partial charge in [-0.2, -0.15) is 5.26 Å². The van der Waals surface area contributed by atoms with Crippen LogP contribution in [-0.2, 0) is 6.54 Å². The molecule has 0 aliphatic heterocycles. The van der Waals surface area contributed by atoms with Crippen LogP contribution in [0.25, 0.3) is 10.9 Å². The maximum atomic E-state index is 8.91. The van der Waals surface area contributed by atoms with E-state index in [9.17, 15) is 0 Å². The third kappa shape index (κ3) is 1.81. The van der Waals surface area contributed by atoms with Crippen LogP contribution in [0.3, 0.4) is 0 Å². The molecule has 0 aliphatic rings. The van der Waals surface area contributed by atoms with Crippen LogP contribution in [0.5, 0.6) is 0 Å². The highest BCUT2D eigenvalue weighted by Gasteiger charge is 2.03. The summed E-state index contributed by atoms with van der Waals surface area (Å²) in [6, 6.07) is 9.97. The Morgan fingerprint density at radius 3 is 3.06 bits per heavy atom. The van der Waals surface area contributed by atoms with Gasteiger partial charge in [0.25, 0.3) is 0 Å². The van der Waals surface area contributed by atoms with E-state index in [1.54, 1.807) is 11.3 Å². The quantitative estimate of drug-likeness (QED) is 0.689. The molecule has 4 heteroatoms. The van der Waals surface area contributed by atoms with Gasteiger partial charge in [0.05, 0.1) is 29.4 Å². The molecule has 0 amide bonds. The van der Waals surface area contributed by atoms with E-state index in [0.717, 1.165) is 23.1 Å². The first kappa shape index (κ1) is 10.1. The summed E-state index contributed by atoms with van der Waals surface area (Å²) in [7, 11) is 0. The number of aromatic nitrogens is 2. The minimum Gasteiger partial charge on any atom is -0.341 e. The lowest BCUT2D eigenvalue weighted by Gasteiger charge is -2.02. The molecule has 3 rings (SSSR count). The maximum Gasteiger partial charge on any atom is 0.0992 e. The molecule has 82 valence electrons. The fourth-order valence-electron chi connectivity index (χ4n) is 1.88. The maximum absolute atomic E-state index is 8.91. The zero-order valence-corrected chi connectivity index (χ0v) is 9.81. The average molecular weight is 239 g/mol. The highest BCUT2D eigenvalue weighted by atomic mass is 32.1. The van der Waals surface area contributed by atoms with Gasteiger partial charge in [-0.05, 0) is 23.6 Å². The van der Waals surface area contributed by atoms with Crippen molar-refractivity contribution in [3.63, 3.8) is 0 Å². The fraction of sp³-hybridized carbons (Fsp3) is 0.0769. The number of benzene rings is 1. The van der Waals surface area contributed by atoms with Crippen LogP contribution in [0.4, 0.5) is 0 Å². The first-order chi connectivity index (χ1) is 8.36. The van der Waals surface area contributed by atoms with E-state index in [-0.39, 0.29) is 0 Å². The topological polar surface area (TPSA) is 41.6 Å². The monoisotopic (exact) mass is 239 g/mol. The number of rotatable bonds is 2. The lowest BCUT2D eigenvalue weighted by Crippen LogP contribution is -1.97. The number of thiazole rings is 1. The zero-order chi connectivity index (χ0) is 11.7. The lowest BCUT2D eigenvalue weighted by atomic mass is 10.2. The Kier molecular flexibility index (Phi) is 2.39. The summed E-state index contributed by atoms with van der Waals surface area (Å²) in [4.78, 5) is 4.27. The molecule has 3 nitrogen and oxygen atoms in total. The standard InChI is InChI=1S/C13H9N3S/c14-6-10-1-2-11-3-4-16(13(11)5-10)7-12-8-17-9-15-12/h1-5,8-9H,7H2. The molecule has 0 saturated carbocycles. The van der Waals surface area contributed by atoms with Gasteiger partial charge in [-0.15, -0.1) is 11.3 Å². The lowest BCUT2D eigenvalue weighted by molar-refractivity contribution is 0.814. The molecule has 3 aromatic rings. The molecule has 0 N–H and O–H groups in total. The second-order valence-electron chi connectivity index (χ2n) is 3.81. The molecular weight excluding hydrogens is 230 g/mol. The molecule has 0 saturated heterocycles. The van der Waals surface area contributed by atoms with Crippen molar-refractivity contribution >= 4 is 22.2 Å². The van der Waals surface area contributed by atoms with Crippen molar-refractivity contribution in [2.45, 2.75) is 6.54 Å². The van der Waals surface area contributed by atoms with Crippen molar-refractivity contribution in [2.75, 3.05) is 0 Å². The third-order valence-electron chi connectivity index (χ3n) is 2.72. The molecule has 0 unspecified atom stereocenters. The van der Waals surface area contributed by atoms with Crippen LogP contribution in [0, 0.1) is 11.3 Å². The molecule has 0 bridgehead atoms. The van der Waals surface area contributed by atoms with E-state index >= 15 is 0 Å². The van der Waals surface area contributed by atoms with Crippen LogP contribution in [-0.4, -0.2) is 9.55 Å². The van der Waals surface area contributed by atoms with Crippen LogP contribution in [0.15, 0.2) is 41.4 Å². The Bertz CT molecular complexity index is 689. The van der Waals surface area contributed by atoms with Gasteiger partial charge in [-0.1, -0.05) is 6.07 Å². The van der Waals surface area contributed by atoms with Crippen molar-refractivity contribution in [3.8, 4) is 6.07 Å². The van der Waals surface area contributed by atoms with Crippen molar-refractivity contribution < 1.29 is 0 Å². The van der Waals surface area contributed by atoms with Gasteiger partial charge in [0.15, 0.2) is 0 Å². The van der Waals surface area contributed by atoms with Gasteiger partial charge >= 0.3 is 0 Å². The Morgan fingerprint density at radius 1 is 1.35 bits per heavy atom. The Labute approximate surface area is 103 Å². The Morgan fingerprint density at radius 2 is 2.29 bits per heavy atom. The van der Waals surface area contributed by atoms with Crippen molar-refractivity contribution in [2.24, 2.45) is 0 Å². The molecule has 17 heavy (non-hydrogen) atoms. The second kappa shape index (κ2) is 4.04. The summed E-state index contributed by atoms with van der Waals surface area (Å²) >= 11 is 1.60. The van der Waals surface area contributed by atoms with Crippen LogP contribution in [0.2, 0.25) is 0 Å². The van der Waals surface area contributed by atoms with E-state index in [0.29, 0.717) is 5.56 Å². The van der Waals surface area contributed by atoms with E-state index in [2.05, 4.69) is 21.7 Å². The number of hydrogen-bond donors (Lipinski definition) is 0.